The van der Waals surface area contributed by atoms with E-state index >= 15 is 0 Å². The number of rotatable bonds is 3. The molecule has 13 heteroatoms. The van der Waals surface area contributed by atoms with Gasteiger partial charge >= 0.3 is 0 Å². The maximum absolute atomic E-state index is 13.3. The summed E-state index contributed by atoms with van der Waals surface area (Å²) in [4.78, 5) is 24.2. The molecule has 0 radical (unpaired) electrons. The molecule has 4 aromatic rings. The summed E-state index contributed by atoms with van der Waals surface area (Å²) in [6.45, 7) is 3.83. The van der Waals surface area contributed by atoms with Crippen LogP contribution in [0.2, 0.25) is 0 Å². The zero-order valence-corrected chi connectivity index (χ0v) is 20.9. The van der Waals surface area contributed by atoms with Gasteiger partial charge in [-0.25, -0.2) is 9.67 Å². The van der Waals surface area contributed by atoms with Crippen LogP contribution in [0.5, 0.6) is 11.5 Å². The van der Waals surface area contributed by atoms with Crippen molar-refractivity contribution in [3.63, 3.8) is 0 Å². The highest BCUT2D eigenvalue weighted by atomic mass is 16.5. The van der Waals surface area contributed by atoms with Crippen molar-refractivity contribution >= 4 is 11.7 Å². The average molecular weight is 519 g/mol. The molecule has 0 unspecified atom stereocenters. The lowest BCUT2D eigenvalue weighted by Gasteiger charge is -2.20. The number of carbonyl (C=O) groups is 1. The molecule has 1 amide bonds. The van der Waals surface area contributed by atoms with Gasteiger partial charge in [0.25, 0.3) is 11.8 Å². The molecule has 4 bridgehead atoms. The number of nitrogens with zero attached hydrogens (tertiary/aromatic N) is 7. The molecule has 0 saturated carbocycles. The third-order valence-electron chi connectivity index (χ3n) is 6.46. The first-order valence-electron chi connectivity index (χ1n) is 12.2. The molecule has 0 spiro atoms. The minimum Gasteiger partial charge on any atom is -0.493 e. The van der Waals surface area contributed by atoms with E-state index in [2.05, 4.69) is 35.7 Å². The van der Waals surface area contributed by atoms with Gasteiger partial charge in [0.15, 0.2) is 17.3 Å². The molecule has 1 fully saturated rings. The highest BCUT2D eigenvalue weighted by Gasteiger charge is 2.36. The van der Waals surface area contributed by atoms with Gasteiger partial charge < -0.3 is 29.0 Å². The second-order valence-electron chi connectivity index (χ2n) is 9.07. The minimum absolute atomic E-state index is 0.236. The number of pyridine rings is 1. The molecule has 1 saturated heterocycles. The Hall–Kier alpha value is -4.52. The maximum Gasteiger partial charge on any atom is 0.258 e. The van der Waals surface area contributed by atoms with Crippen LogP contribution >= 0.6 is 0 Å². The number of fused-ring (bicyclic) bond motifs is 5. The quantitative estimate of drug-likeness (QED) is 0.423. The summed E-state index contributed by atoms with van der Waals surface area (Å²) >= 11 is 0. The van der Waals surface area contributed by atoms with E-state index in [0.29, 0.717) is 66.5 Å². The molecular weight excluding hydrogens is 492 g/mol. The fourth-order valence-corrected chi connectivity index (χ4v) is 4.55. The summed E-state index contributed by atoms with van der Waals surface area (Å²) in [6, 6.07) is 8.50. The van der Waals surface area contributed by atoms with Crippen LogP contribution in [0.3, 0.4) is 0 Å². The van der Waals surface area contributed by atoms with Gasteiger partial charge in [0.2, 0.25) is 0 Å². The summed E-state index contributed by atoms with van der Waals surface area (Å²) in [5.74, 6) is 2.48. The number of anilines is 1. The molecule has 2 aliphatic rings. The molecule has 1 aromatic carbocycles. The first-order chi connectivity index (χ1) is 18.6. The van der Waals surface area contributed by atoms with Crippen LogP contribution in [0.15, 0.2) is 47.2 Å². The van der Waals surface area contributed by atoms with Crippen LogP contribution in [0.25, 0.3) is 11.5 Å². The zero-order valence-electron chi connectivity index (χ0n) is 20.9. The van der Waals surface area contributed by atoms with Crippen molar-refractivity contribution in [1.82, 2.24) is 35.4 Å². The lowest BCUT2D eigenvalue weighted by atomic mass is 10.1. The van der Waals surface area contributed by atoms with Gasteiger partial charge in [0.05, 0.1) is 38.6 Å². The first-order valence-corrected chi connectivity index (χ1v) is 12.2. The second kappa shape index (κ2) is 10.1. The maximum atomic E-state index is 13.3. The third-order valence-corrected chi connectivity index (χ3v) is 6.46. The van der Waals surface area contributed by atoms with Crippen molar-refractivity contribution in [3.8, 4) is 23.0 Å². The molecule has 0 aliphatic carbocycles. The topological polar surface area (TPSA) is 143 Å². The number of benzene rings is 1. The largest absolute Gasteiger partial charge is 0.493 e. The van der Waals surface area contributed by atoms with Crippen molar-refractivity contribution in [1.29, 1.82) is 0 Å². The van der Waals surface area contributed by atoms with Crippen molar-refractivity contribution in [2.45, 2.75) is 32.2 Å². The third kappa shape index (κ3) is 4.87. The molecule has 6 rings (SSSR count). The Morgan fingerprint density at radius 1 is 1.16 bits per heavy atom. The Labute approximate surface area is 217 Å². The van der Waals surface area contributed by atoms with E-state index in [9.17, 15) is 4.79 Å². The standard InChI is InChI=1S/C25H26N8O5/c1-15-27-25(38-30-15)17-5-6-26-23(10-17)32-12-19-22(13-32)37-14-18-11-33(31-29-18)7-8-36-21-9-16(24(34)28-19)3-4-20(21)35-2/h3-6,9-11,19,22H,7-8,12-14H2,1-2H3,(H,28,34)/t19-,22-/m0/s1. The zero-order chi connectivity index (χ0) is 26.1. The monoisotopic (exact) mass is 518 g/mol. The number of ether oxygens (including phenoxy) is 3. The summed E-state index contributed by atoms with van der Waals surface area (Å²) in [7, 11) is 1.56. The lowest BCUT2D eigenvalue weighted by Crippen LogP contribution is -2.44. The van der Waals surface area contributed by atoms with E-state index < -0.39 is 0 Å². The number of aromatic nitrogens is 6. The molecular formula is C25H26N8O5. The SMILES string of the molecule is COc1ccc2cc1OCCn1cc(nn1)CO[C@H]1CN(c3cc(-c4nc(C)no4)ccn3)C[C@@H]1NC2=O. The predicted octanol–water partition coefficient (Wildman–Crippen LogP) is 1.64. The van der Waals surface area contributed by atoms with Crippen molar-refractivity contribution in [3.05, 3.63) is 59.8 Å². The van der Waals surface area contributed by atoms with Gasteiger partial charge in [-0.15, -0.1) is 5.10 Å². The van der Waals surface area contributed by atoms with Gasteiger partial charge in [-0.05, 0) is 37.3 Å². The first kappa shape index (κ1) is 23.9. The number of hydrogen-bond donors (Lipinski definition) is 1. The van der Waals surface area contributed by atoms with Gasteiger partial charge in [-0.3, -0.25) is 4.79 Å². The van der Waals surface area contributed by atoms with Crippen molar-refractivity contribution in [2.24, 2.45) is 0 Å². The molecule has 3 aromatic heterocycles. The van der Waals surface area contributed by atoms with E-state index in [0.717, 1.165) is 5.56 Å². The number of nitrogens with one attached hydrogen (secondary N) is 1. The van der Waals surface area contributed by atoms with Crippen LogP contribution < -0.4 is 19.7 Å². The molecule has 1 N–H and O–H groups in total. The molecule has 13 nitrogen and oxygen atoms in total. The van der Waals surface area contributed by atoms with E-state index in [1.807, 2.05) is 18.3 Å². The molecule has 38 heavy (non-hydrogen) atoms. The van der Waals surface area contributed by atoms with Crippen LogP contribution in [0, 0.1) is 6.92 Å². The molecule has 2 aliphatic heterocycles. The lowest BCUT2D eigenvalue weighted by molar-refractivity contribution is 0.0347. The summed E-state index contributed by atoms with van der Waals surface area (Å²) < 4.78 is 24.6. The Morgan fingerprint density at radius 3 is 2.92 bits per heavy atom. The second-order valence-corrected chi connectivity index (χ2v) is 9.07. The highest BCUT2D eigenvalue weighted by Crippen LogP contribution is 2.29. The van der Waals surface area contributed by atoms with E-state index in [1.165, 1.54) is 0 Å². The fourth-order valence-electron chi connectivity index (χ4n) is 4.55. The minimum atomic E-state index is -0.320. The van der Waals surface area contributed by atoms with Gasteiger partial charge in [-0.1, -0.05) is 10.4 Å². The molecule has 196 valence electrons. The number of aryl methyl sites for hydroxylation is 1. The Balaban J connectivity index is 1.28. The van der Waals surface area contributed by atoms with Gasteiger partial charge in [0.1, 0.15) is 18.1 Å². The average Bonchev–Trinajstić information content (AvgIpc) is 3.67. The van der Waals surface area contributed by atoms with Crippen LogP contribution in [0.1, 0.15) is 21.9 Å². The van der Waals surface area contributed by atoms with Gasteiger partial charge in [0, 0.05) is 30.4 Å². The van der Waals surface area contributed by atoms with E-state index in [-0.39, 0.29) is 24.7 Å². The number of amides is 1. The summed E-state index contributed by atoms with van der Waals surface area (Å²) in [5, 5.41) is 15.4. The fraction of sp³-hybridized carbons (Fsp3) is 0.360. The smallest absolute Gasteiger partial charge is 0.258 e. The number of hydrogen-bond acceptors (Lipinski definition) is 11. The summed E-state index contributed by atoms with van der Waals surface area (Å²) in [6.07, 6.45) is 3.20. The summed E-state index contributed by atoms with van der Waals surface area (Å²) in [5.41, 5.74) is 1.91. The molecule has 5 heterocycles. The molecule has 2 atom stereocenters. The highest BCUT2D eigenvalue weighted by molar-refractivity contribution is 5.95. The van der Waals surface area contributed by atoms with Crippen LogP contribution in [0.4, 0.5) is 5.82 Å². The van der Waals surface area contributed by atoms with Crippen LogP contribution in [-0.4, -0.2) is 75.0 Å². The van der Waals surface area contributed by atoms with E-state index in [1.54, 1.807) is 43.1 Å². The number of methoxy groups -OCH3 is 1. The normalized spacial score (nSPS) is 19.6. The van der Waals surface area contributed by atoms with Crippen molar-refractivity contribution in [2.75, 3.05) is 31.7 Å². The van der Waals surface area contributed by atoms with Crippen LogP contribution in [-0.2, 0) is 17.9 Å². The van der Waals surface area contributed by atoms with Gasteiger partial charge in [-0.2, -0.15) is 4.98 Å². The Bertz CT molecular complexity index is 1450. The Kier molecular flexibility index (Phi) is 6.33. The number of carbonyl (C=O) groups excluding carboxylic acids is 1. The van der Waals surface area contributed by atoms with Crippen molar-refractivity contribution < 1.29 is 23.5 Å². The Morgan fingerprint density at radius 2 is 2.08 bits per heavy atom. The van der Waals surface area contributed by atoms with E-state index in [4.69, 9.17) is 18.7 Å². The predicted molar refractivity (Wildman–Crippen MR) is 133 cm³/mol.